The molecule has 3 aliphatic heterocycles. The van der Waals surface area contributed by atoms with Crippen molar-refractivity contribution in [3.8, 4) is 6.07 Å². The van der Waals surface area contributed by atoms with Crippen LogP contribution in [-0.4, -0.2) is 78.7 Å². The second-order valence-corrected chi connectivity index (χ2v) is 7.19. The average molecular weight is 355 g/mol. The number of amides is 1. The normalized spacial score (nSPS) is 25.5. The molecule has 7 nitrogen and oxygen atoms in total. The van der Waals surface area contributed by atoms with Crippen LogP contribution >= 0.6 is 0 Å². The van der Waals surface area contributed by atoms with Crippen LogP contribution in [0.3, 0.4) is 0 Å². The molecule has 0 bridgehead atoms. The van der Waals surface area contributed by atoms with Crippen LogP contribution in [0.2, 0.25) is 0 Å². The number of piperazine rings is 1. The first-order valence-corrected chi connectivity index (χ1v) is 9.50. The number of ether oxygens (including phenoxy) is 1. The first-order chi connectivity index (χ1) is 12.8. The summed E-state index contributed by atoms with van der Waals surface area (Å²) in [4.78, 5) is 23.9. The molecule has 7 heteroatoms. The Morgan fingerprint density at radius 3 is 2.62 bits per heavy atom. The summed E-state index contributed by atoms with van der Waals surface area (Å²) in [7, 11) is 0. The van der Waals surface area contributed by atoms with E-state index in [-0.39, 0.29) is 6.04 Å². The summed E-state index contributed by atoms with van der Waals surface area (Å²) in [5.74, 6) is 1.05. The monoisotopic (exact) mass is 355 g/mol. The Morgan fingerprint density at radius 2 is 1.88 bits per heavy atom. The van der Waals surface area contributed by atoms with Crippen LogP contribution in [0.25, 0.3) is 0 Å². The van der Waals surface area contributed by atoms with E-state index >= 15 is 0 Å². The maximum Gasteiger partial charge on any atom is 0.240 e. The van der Waals surface area contributed by atoms with Gasteiger partial charge in [-0.05, 0) is 31.4 Å². The fourth-order valence-corrected chi connectivity index (χ4v) is 4.37. The molecule has 0 N–H and O–H groups in total. The van der Waals surface area contributed by atoms with Crippen LogP contribution in [0.5, 0.6) is 0 Å². The topological polar surface area (TPSA) is 72.7 Å². The molecule has 0 aromatic carbocycles. The van der Waals surface area contributed by atoms with Crippen molar-refractivity contribution in [3.63, 3.8) is 0 Å². The Morgan fingerprint density at radius 1 is 1.12 bits per heavy atom. The summed E-state index contributed by atoms with van der Waals surface area (Å²) in [6.45, 7) is 5.66. The molecular weight excluding hydrogens is 330 g/mol. The molecule has 1 amide bonds. The number of pyridine rings is 1. The summed E-state index contributed by atoms with van der Waals surface area (Å²) in [5.41, 5.74) is 0.614. The number of nitrogens with zero attached hydrogens (tertiary/aromatic N) is 5. The van der Waals surface area contributed by atoms with Gasteiger partial charge in [-0.25, -0.2) is 4.98 Å². The Balaban J connectivity index is 1.36. The second-order valence-electron chi connectivity index (χ2n) is 7.19. The third-order valence-corrected chi connectivity index (χ3v) is 5.80. The molecule has 1 atom stereocenters. The van der Waals surface area contributed by atoms with Gasteiger partial charge in [0.25, 0.3) is 0 Å². The molecule has 3 aliphatic rings. The molecule has 1 aromatic heterocycles. The van der Waals surface area contributed by atoms with Crippen LogP contribution in [0, 0.1) is 11.3 Å². The van der Waals surface area contributed by atoms with Gasteiger partial charge >= 0.3 is 0 Å². The highest BCUT2D eigenvalue weighted by atomic mass is 16.5. The van der Waals surface area contributed by atoms with E-state index in [4.69, 9.17) is 4.74 Å². The van der Waals surface area contributed by atoms with Crippen molar-refractivity contribution in [2.45, 2.75) is 31.3 Å². The minimum Gasteiger partial charge on any atom is -0.381 e. The molecule has 3 saturated heterocycles. The molecule has 0 saturated carbocycles. The van der Waals surface area contributed by atoms with Crippen molar-refractivity contribution in [2.24, 2.45) is 0 Å². The van der Waals surface area contributed by atoms with Gasteiger partial charge in [0.1, 0.15) is 11.9 Å². The van der Waals surface area contributed by atoms with E-state index in [1.165, 1.54) is 0 Å². The van der Waals surface area contributed by atoms with Crippen LogP contribution in [0.15, 0.2) is 18.3 Å². The molecule has 0 aliphatic carbocycles. The van der Waals surface area contributed by atoms with Crippen LogP contribution in [0.1, 0.15) is 24.8 Å². The maximum atomic E-state index is 12.9. The van der Waals surface area contributed by atoms with E-state index in [0.717, 1.165) is 71.0 Å². The second kappa shape index (κ2) is 7.60. The summed E-state index contributed by atoms with van der Waals surface area (Å²) in [6.07, 6.45) is 4.57. The number of nitriles is 1. The first-order valence-electron chi connectivity index (χ1n) is 9.50. The highest BCUT2D eigenvalue weighted by Crippen LogP contribution is 2.26. The smallest absolute Gasteiger partial charge is 0.240 e. The van der Waals surface area contributed by atoms with Crippen molar-refractivity contribution >= 4 is 11.7 Å². The molecule has 1 aromatic rings. The molecule has 26 heavy (non-hydrogen) atoms. The largest absolute Gasteiger partial charge is 0.381 e. The predicted molar refractivity (Wildman–Crippen MR) is 96.7 cm³/mol. The van der Waals surface area contributed by atoms with Gasteiger partial charge in [-0.2, -0.15) is 5.26 Å². The summed E-state index contributed by atoms with van der Waals surface area (Å²) in [6, 6.07) is 6.19. The number of anilines is 1. The quantitative estimate of drug-likeness (QED) is 0.801. The van der Waals surface area contributed by atoms with Gasteiger partial charge in [0.15, 0.2) is 0 Å². The standard InChI is InChI=1S/C19H25N5O2/c20-14-15-2-1-6-21-18(15)23-10-8-22(9-11-23)17-3-7-24(19(17)25)16-4-12-26-13-5-16/h1-2,6,16-17H,3-5,7-13H2. The third-order valence-electron chi connectivity index (χ3n) is 5.80. The van der Waals surface area contributed by atoms with Gasteiger partial charge in [-0.15, -0.1) is 0 Å². The summed E-state index contributed by atoms with van der Waals surface area (Å²) >= 11 is 0. The highest BCUT2D eigenvalue weighted by Gasteiger charge is 2.40. The number of aromatic nitrogens is 1. The third kappa shape index (κ3) is 3.27. The Bertz CT molecular complexity index is 689. The van der Waals surface area contributed by atoms with Crippen LogP contribution in [-0.2, 0) is 9.53 Å². The van der Waals surface area contributed by atoms with Gasteiger partial charge in [0.2, 0.25) is 5.91 Å². The lowest BCUT2D eigenvalue weighted by Crippen LogP contribution is -2.53. The summed E-state index contributed by atoms with van der Waals surface area (Å²) < 4.78 is 5.43. The Labute approximate surface area is 154 Å². The number of hydrogen-bond donors (Lipinski definition) is 0. The molecule has 138 valence electrons. The SMILES string of the molecule is N#Cc1cccnc1N1CCN(C2CCN(C3CCOCC3)C2=O)CC1. The molecule has 4 heterocycles. The first kappa shape index (κ1) is 17.3. The van der Waals surface area contributed by atoms with Gasteiger partial charge in [-0.1, -0.05) is 0 Å². The minimum atomic E-state index is 0.0131. The fraction of sp³-hybridized carbons (Fsp3) is 0.632. The van der Waals surface area contributed by atoms with E-state index in [9.17, 15) is 10.1 Å². The van der Waals surface area contributed by atoms with Gasteiger partial charge in [0, 0.05) is 58.2 Å². The lowest BCUT2D eigenvalue weighted by atomic mass is 10.1. The van der Waals surface area contributed by atoms with Crippen LogP contribution in [0.4, 0.5) is 5.82 Å². The van der Waals surface area contributed by atoms with Crippen molar-refractivity contribution < 1.29 is 9.53 Å². The number of likely N-dealkylation sites (tertiary alicyclic amines) is 1. The van der Waals surface area contributed by atoms with E-state index in [1.807, 2.05) is 0 Å². The minimum absolute atomic E-state index is 0.0131. The average Bonchev–Trinajstić information content (AvgIpc) is 3.10. The lowest BCUT2D eigenvalue weighted by molar-refractivity contribution is -0.135. The van der Waals surface area contributed by atoms with E-state index < -0.39 is 0 Å². The number of carbonyl (C=O) groups excluding carboxylic acids is 1. The van der Waals surface area contributed by atoms with Gasteiger partial charge in [0.05, 0.1) is 11.6 Å². The summed E-state index contributed by atoms with van der Waals surface area (Å²) in [5, 5.41) is 9.28. The zero-order valence-corrected chi connectivity index (χ0v) is 15.0. The molecule has 4 rings (SSSR count). The number of rotatable bonds is 3. The van der Waals surface area contributed by atoms with E-state index in [0.29, 0.717) is 17.5 Å². The van der Waals surface area contributed by atoms with E-state index in [2.05, 4.69) is 25.8 Å². The zero-order chi connectivity index (χ0) is 17.9. The van der Waals surface area contributed by atoms with Crippen molar-refractivity contribution in [2.75, 3.05) is 50.8 Å². The molecule has 1 unspecified atom stereocenters. The molecule has 0 radical (unpaired) electrons. The Kier molecular flexibility index (Phi) is 5.05. The predicted octanol–water partition coefficient (Wildman–Crippen LogP) is 0.855. The molecule has 3 fully saturated rings. The van der Waals surface area contributed by atoms with Crippen molar-refractivity contribution in [1.29, 1.82) is 5.26 Å². The Hall–Kier alpha value is -2.17. The highest BCUT2D eigenvalue weighted by molar-refractivity contribution is 5.84. The van der Waals surface area contributed by atoms with Crippen molar-refractivity contribution in [3.05, 3.63) is 23.9 Å². The molecular formula is C19H25N5O2. The number of carbonyl (C=O) groups is 1. The van der Waals surface area contributed by atoms with Crippen LogP contribution < -0.4 is 4.90 Å². The van der Waals surface area contributed by atoms with E-state index in [1.54, 1.807) is 18.3 Å². The fourth-order valence-electron chi connectivity index (χ4n) is 4.37. The number of hydrogen-bond acceptors (Lipinski definition) is 6. The maximum absolute atomic E-state index is 12.9. The van der Waals surface area contributed by atoms with Gasteiger partial charge < -0.3 is 14.5 Å². The molecule has 0 spiro atoms. The van der Waals surface area contributed by atoms with Gasteiger partial charge in [-0.3, -0.25) is 9.69 Å². The zero-order valence-electron chi connectivity index (χ0n) is 15.0. The lowest BCUT2D eigenvalue weighted by Gasteiger charge is -2.38. The van der Waals surface area contributed by atoms with Crippen molar-refractivity contribution in [1.82, 2.24) is 14.8 Å².